The van der Waals surface area contributed by atoms with Crippen molar-refractivity contribution in [2.24, 2.45) is 5.41 Å². The van der Waals surface area contributed by atoms with Gasteiger partial charge in [0, 0.05) is 32.5 Å². The molecule has 23 heavy (non-hydrogen) atoms. The molecule has 2 aliphatic rings. The van der Waals surface area contributed by atoms with E-state index in [1.165, 1.54) is 12.1 Å². The molecule has 5 heteroatoms. The van der Waals surface area contributed by atoms with Crippen LogP contribution in [-0.2, 0) is 16.0 Å². The molecule has 1 aromatic rings. The van der Waals surface area contributed by atoms with Gasteiger partial charge < -0.3 is 10.2 Å². The number of nitrogens with one attached hydrogen (secondary N) is 1. The largest absolute Gasteiger partial charge is 0.356 e. The lowest BCUT2D eigenvalue weighted by Gasteiger charge is -2.38. The predicted octanol–water partition coefficient (Wildman–Crippen LogP) is 2.28. The van der Waals surface area contributed by atoms with Crippen LogP contribution in [0.4, 0.5) is 4.39 Å². The second-order valence-electron chi connectivity index (χ2n) is 6.81. The molecule has 0 bridgehead atoms. The molecule has 0 atom stereocenters. The van der Waals surface area contributed by atoms with Gasteiger partial charge in [-0.15, -0.1) is 0 Å². The molecule has 1 spiro atoms. The molecule has 3 rings (SSSR count). The minimum Gasteiger partial charge on any atom is -0.356 e. The first-order chi connectivity index (χ1) is 11.1. The number of hydrogen-bond acceptors (Lipinski definition) is 2. The van der Waals surface area contributed by atoms with Gasteiger partial charge in [-0.2, -0.15) is 0 Å². The molecule has 2 heterocycles. The van der Waals surface area contributed by atoms with Crippen LogP contribution in [0, 0.1) is 11.2 Å². The lowest BCUT2D eigenvalue weighted by atomic mass is 9.77. The topological polar surface area (TPSA) is 49.4 Å². The maximum Gasteiger partial charge on any atom is 0.222 e. The number of hydrogen-bond donors (Lipinski definition) is 1. The van der Waals surface area contributed by atoms with Crippen molar-refractivity contribution in [2.75, 3.05) is 19.6 Å². The van der Waals surface area contributed by atoms with Crippen LogP contribution in [0.1, 0.15) is 37.7 Å². The molecular formula is C18H23FN2O2. The number of amides is 2. The van der Waals surface area contributed by atoms with Crippen molar-refractivity contribution in [1.29, 1.82) is 0 Å². The van der Waals surface area contributed by atoms with E-state index in [4.69, 9.17) is 0 Å². The first-order valence-corrected chi connectivity index (χ1v) is 8.35. The molecule has 4 nitrogen and oxygen atoms in total. The van der Waals surface area contributed by atoms with Crippen LogP contribution in [-0.4, -0.2) is 36.3 Å². The molecule has 0 saturated carbocycles. The normalized spacial score (nSPS) is 19.9. The number of halogens is 1. The SMILES string of the molecule is O=C1CC2(CCN(C(=O)CCCc3ccc(F)cc3)CC2)CN1. The zero-order valence-electron chi connectivity index (χ0n) is 13.3. The van der Waals surface area contributed by atoms with E-state index < -0.39 is 0 Å². The Morgan fingerprint density at radius 2 is 1.91 bits per heavy atom. The van der Waals surface area contributed by atoms with Gasteiger partial charge in [-0.05, 0) is 48.8 Å². The standard InChI is InChI=1S/C18H23FN2O2/c19-15-6-4-14(5-7-15)2-1-3-17(23)21-10-8-18(9-11-21)12-16(22)20-13-18/h4-7H,1-3,8-13H2,(H,20,22). The van der Waals surface area contributed by atoms with Crippen LogP contribution >= 0.6 is 0 Å². The summed E-state index contributed by atoms with van der Waals surface area (Å²) in [7, 11) is 0. The van der Waals surface area contributed by atoms with E-state index in [-0.39, 0.29) is 23.0 Å². The Morgan fingerprint density at radius 3 is 2.52 bits per heavy atom. The van der Waals surface area contributed by atoms with E-state index in [2.05, 4.69) is 5.32 Å². The number of aryl methyl sites for hydroxylation is 1. The quantitative estimate of drug-likeness (QED) is 0.926. The maximum absolute atomic E-state index is 12.8. The molecule has 2 aliphatic heterocycles. The van der Waals surface area contributed by atoms with Crippen molar-refractivity contribution in [2.45, 2.75) is 38.5 Å². The molecule has 2 amide bonds. The van der Waals surface area contributed by atoms with Gasteiger partial charge in [-0.3, -0.25) is 9.59 Å². The number of piperidine rings is 1. The van der Waals surface area contributed by atoms with Crippen molar-refractivity contribution in [1.82, 2.24) is 10.2 Å². The Balaban J connectivity index is 1.41. The van der Waals surface area contributed by atoms with E-state index in [1.54, 1.807) is 12.1 Å². The summed E-state index contributed by atoms with van der Waals surface area (Å²) >= 11 is 0. The maximum atomic E-state index is 12.8. The van der Waals surface area contributed by atoms with Crippen LogP contribution in [0.3, 0.4) is 0 Å². The van der Waals surface area contributed by atoms with E-state index in [9.17, 15) is 14.0 Å². The average Bonchev–Trinajstić information content (AvgIpc) is 2.90. The Hall–Kier alpha value is -1.91. The fourth-order valence-corrected chi connectivity index (χ4v) is 3.59. The zero-order valence-corrected chi connectivity index (χ0v) is 13.3. The van der Waals surface area contributed by atoms with Crippen molar-refractivity contribution in [3.05, 3.63) is 35.6 Å². The van der Waals surface area contributed by atoms with Gasteiger partial charge in [0.1, 0.15) is 5.82 Å². The lowest BCUT2D eigenvalue weighted by Crippen LogP contribution is -2.44. The van der Waals surface area contributed by atoms with Crippen molar-refractivity contribution in [3.63, 3.8) is 0 Å². The highest BCUT2D eigenvalue weighted by Gasteiger charge is 2.41. The van der Waals surface area contributed by atoms with Gasteiger partial charge in [0.2, 0.25) is 11.8 Å². The highest BCUT2D eigenvalue weighted by molar-refractivity contribution is 5.79. The molecule has 0 aromatic heterocycles. The molecule has 2 saturated heterocycles. The molecule has 1 aromatic carbocycles. The third-order valence-corrected chi connectivity index (χ3v) is 5.14. The zero-order chi connectivity index (χ0) is 16.3. The van der Waals surface area contributed by atoms with Gasteiger partial charge in [0.15, 0.2) is 0 Å². The third-order valence-electron chi connectivity index (χ3n) is 5.14. The van der Waals surface area contributed by atoms with Crippen molar-refractivity contribution >= 4 is 11.8 Å². The first kappa shape index (κ1) is 16.0. The molecule has 0 aliphatic carbocycles. The molecule has 2 fully saturated rings. The van der Waals surface area contributed by atoms with Crippen molar-refractivity contribution in [3.8, 4) is 0 Å². The first-order valence-electron chi connectivity index (χ1n) is 8.35. The average molecular weight is 318 g/mol. The number of carbonyl (C=O) groups is 2. The highest BCUT2D eigenvalue weighted by Crippen LogP contribution is 2.37. The fraction of sp³-hybridized carbons (Fsp3) is 0.556. The summed E-state index contributed by atoms with van der Waals surface area (Å²) in [5.74, 6) is 0.107. The smallest absolute Gasteiger partial charge is 0.222 e. The Labute approximate surface area is 136 Å². The van der Waals surface area contributed by atoms with Gasteiger partial charge in [0.05, 0.1) is 0 Å². The minimum absolute atomic E-state index is 0.0853. The number of benzene rings is 1. The lowest BCUT2D eigenvalue weighted by molar-refractivity contribution is -0.133. The van der Waals surface area contributed by atoms with E-state index in [1.807, 2.05) is 4.90 Å². The summed E-state index contributed by atoms with van der Waals surface area (Å²) in [5.41, 5.74) is 1.15. The molecular weight excluding hydrogens is 295 g/mol. The number of carbonyl (C=O) groups excluding carboxylic acids is 2. The van der Waals surface area contributed by atoms with Crippen LogP contribution in [0.25, 0.3) is 0 Å². The summed E-state index contributed by atoms with van der Waals surface area (Å²) in [5, 5.41) is 2.91. The molecule has 0 unspecified atom stereocenters. The van der Waals surface area contributed by atoms with Gasteiger partial charge >= 0.3 is 0 Å². The number of nitrogens with zero attached hydrogens (tertiary/aromatic N) is 1. The van der Waals surface area contributed by atoms with Crippen LogP contribution in [0.5, 0.6) is 0 Å². The predicted molar refractivity (Wildman–Crippen MR) is 85.2 cm³/mol. The van der Waals surface area contributed by atoms with Gasteiger partial charge in [0.25, 0.3) is 0 Å². The summed E-state index contributed by atoms with van der Waals surface area (Å²) in [6.45, 7) is 2.27. The van der Waals surface area contributed by atoms with E-state index in [0.29, 0.717) is 12.8 Å². The van der Waals surface area contributed by atoms with E-state index >= 15 is 0 Å². The molecule has 0 radical (unpaired) electrons. The van der Waals surface area contributed by atoms with Crippen LogP contribution in [0.2, 0.25) is 0 Å². The number of rotatable bonds is 4. The van der Waals surface area contributed by atoms with Crippen LogP contribution < -0.4 is 5.32 Å². The molecule has 1 N–H and O–H groups in total. The van der Waals surface area contributed by atoms with E-state index in [0.717, 1.165) is 50.9 Å². The summed E-state index contributed by atoms with van der Waals surface area (Å²) in [4.78, 5) is 25.6. The fourth-order valence-electron chi connectivity index (χ4n) is 3.59. The summed E-state index contributed by atoms with van der Waals surface area (Å²) in [6.07, 6.45) is 4.54. The second kappa shape index (κ2) is 6.69. The summed E-state index contributed by atoms with van der Waals surface area (Å²) < 4.78 is 12.8. The Bertz CT molecular complexity index is 577. The third kappa shape index (κ3) is 3.89. The van der Waals surface area contributed by atoms with Crippen LogP contribution in [0.15, 0.2) is 24.3 Å². The Kier molecular flexibility index (Phi) is 4.64. The second-order valence-corrected chi connectivity index (χ2v) is 6.81. The van der Waals surface area contributed by atoms with Crippen molar-refractivity contribution < 1.29 is 14.0 Å². The minimum atomic E-state index is -0.230. The highest BCUT2D eigenvalue weighted by atomic mass is 19.1. The monoisotopic (exact) mass is 318 g/mol. The van der Waals surface area contributed by atoms with Gasteiger partial charge in [-0.1, -0.05) is 12.1 Å². The molecule has 124 valence electrons. The summed E-state index contributed by atoms with van der Waals surface area (Å²) in [6, 6.07) is 6.46. The van der Waals surface area contributed by atoms with Gasteiger partial charge in [-0.25, -0.2) is 4.39 Å². The number of likely N-dealkylation sites (tertiary alicyclic amines) is 1. The Morgan fingerprint density at radius 1 is 1.22 bits per heavy atom.